The van der Waals surface area contributed by atoms with E-state index >= 15 is 0 Å². The highest BCUT2D eigenvalue weighted by Gasteiger charge is 2.09. The van der Waals surface area contributed by atoms with Crippen LogP contribution in [0.3, 0.4) is 0 Å². The van der Waals surface area contributed by atoms with Crippen LogP contribution in [0.5, 0.6) is 0 Å². The molecule has 1 N–H and O–H groups in total. The van der Waals surface area contributed by atoms with Crippen molar-refractivity contribution in [3.63, 3.8) is 0 Å². The summed E-state index contributed by atoms with van der Waals surface area (Å²) in [4.78, 5) is 10.9. The second-order valence-corrected chi connectivity index (χ2v) is 5.42. The minimum atomic E-state index is 0.721. The number of aromatic nitrogens is 3. The molecule has 20 heavy (non-hydrogen) atoms. The fraction of sp³-hybridized carbons (Fsp3) is 0.143. The van der Waals surface area contributed by atoms with Gasteiger partial charge in [0, 0.05) is 32.7 Å². The van der Waals surface area contributed by atoms with Crippen LogP contribution in [0.2, 0.25) is 0 Å². The third-order valence-corrected chi connectivity index (χ3v) is 3.37. The van der Waals surface area contributed by atoms with Crippen LogP contribution in [-0.4, -0.2) is 28.5 Å². The van der Waals surface area contributed by atoms with E-state index in [0.29, 0.717) is 0 Å². The summed E-state index contributed by atoms with van der Waals surface area (Å²) < 4.78 is 2.69. The van der Waals surface area contributed by atoms with Gasteiger partial charge in [-0.2, -0.15) is 0 Å². The topological polar surface area (TPSA) is 45.5 Å². The highest BCUT2D eigenvalue weighted by molar-refractivity contribution is 9.10. The predicted octanol–water partition coefficient (Wildman–Crippen LogP) is 3.30. The lowest BCUT2D eigenvalue weighted by atomic mass is 10.2. The van der Waals surface area contributed by atoms with E-state index in [2.05, 4.69) is 42.2 Å². The summed E-state index contributed by atoms with van der Waals surface area (Å²) in [7, 11) is 4.03. The number of nitrogens with zero attached hydrogens (tertiary/aromatic N) is 4. The van der Waals surface area contributed by atoms with Gasteiger partial charge in [-0.3, -0.25) is 0 Å². The van der Waals surface area contributed by atoms with E-state index in [0.717, 1.165) is 27.4 Å². The van der Waals surface area contributed by atoms with Crippen molar-refractivity contribution in [3.8, 4) is 0 Å². The van der Waals surface area contributed by atoms with Gasteiger partial charge in [-0.05, 0) is 28.1 Å². The first-order chi connectivity index (χ1) is 9.65. The third-order valence-electron chi connectivity index (χ3n) is 2.98. The molecular formula is C14H14BrN5. The molecule has 0 bridgehead atoms. The second-order valence-electron chi connectivity index (χ2n) is 4.61. The Kier molecular flexibility index (Phi) is 3.31. The van der Waals surface area contributed by atoms with Crippen LogP contribution < -0.4 is 10.2 Å². The van der Waals surface area contributed by atoms with E-state index in [1.54, 1.807) is 6.20 Å². The lowest BCUT2D eigenvalue weighted by Gasteiger charge is -2.18. The van der Waals surface area contributed by atoms with E-state index < -0.39 is 0 Å². The molecule has 0 aliphatic heterocycles. The van der Waals surface area contributed by atoms with Crippen molar-refractivity contribution < 1.29 is 0 Å². The van der Waals surface area contributed by atoms with Crippen molar-refractivity contribution in [2.24, 2.45) is 0 Å². The van der Waals surface area contributed by atoms with Gasteiger partial charge in [-0.25, -0.2) is 9.97 Å². The third kappa shape index (κ3) is 2.34. The second kappa shape index (κ2) is 5.13. The molecule has 0 aliphatic carbocycles. The maximum Gasteiger partial charge on any atom is 0.180 e. The number of nitrogens with one attached hydrogen (secondary N) is 1. The number of rotatable bonds is 3. The van der Waals surface area contributed by atoms with E-state index in [9.17, 15) is 0 Å². The predicted molar refractivity (Wildman–Crippen MR) is 84.7 cm³/mol. The van der Waals surface area contributed by atoms with Gasteiger partial charge in [0.25, 0.3) is 0 Å². The van der Waals surface area contributed by atoms with Crippen LogP contribution in [0.1, 0.15) is 0 Å². The molecule has 0 aliphatic rings. The maximum absolute atomic E-state index is 4.47. The Balaban J connectivity index is 2.08. The molecule has 0 saturated carbocycles. The molecular weight excluding hydrogens is 318 g/mol. The van der Waals surface area contributed by atoms with Crippen LogP contribution in [0, 0.1) is 0 Å². The summed E-state index contributed by atoms with van der Waals surface area (Å²) in [6, 6.07) is 8.09. The Bertz CT molecular complexity index is 750. The molecule has 3 aromatic rings. The van der Waals surface area contributed by atoms with Crippen LogP contribution in [0.25, 0.3) is 5.65 Å². The first-order valence-corrected chi connectivity index (χ1v) is 6.97. The van der Waals surface area contributed by atoms with Crippen molar-refractivity contribution in [1.29, 1.82) is 0 Å². The summed E-state index contributed by atoms with van der Waals surface area (Å²) in [5.74, 6) is 0.721. The number of hydrogen-bond donors (Lipinski definition) is 1. The maximum atomic E-state index is 4.47. The van der Waals surface area contributed by atoms with Gasteiger partial charge in [0.15, 0.2) is 11.5 Å². The van der Waals surface area contributed by atoms with Crippen LogP contribution in [0.4, 0.5) is 17.2 Å². The van der Waals surface area contributed by atoms with Gasteiger partial charge in [0.2, 0.25) is 0 Å². The van der Waals surface area contributed by atoms with E-state index in [4.69, 9.17) is 0 Å². The van der Waals surface area contributed by atoms with Crippen LogP contribution in [-0.2, 0) is 0 Å². The molecule has 3 rings (SSSR count). The average Bonchev–Trinajstić information content (AvgIpc) is 2.87. The summed E-state index contributed by atoms with van der Waals surface area (Å²) in [5, 5.41) is 3.36. The molecule has 5 nitrogen and oxygen atoms in total. The zero-order valence-electron chi connectivity index (χ0n) is 11.2. The number of imidazole rings is 1. The Morgan fingerprint density at radius 2 is 2.05 bits per heavy atom. The standard InChI is InChI=1S/C14H14BrN5/c1-19(2)11-6-4-3-5-10(11)17-13-14-16-7-8-20(14)9-12(15)18-13/h3-9H,1-2H3,(H,17,18). The molecule has 0 spiro atoms. The van der Waals surface area contributed by atoms with Crippen molar-refractivity contribution >= 4 is 38.8 Å². The lowest BCUT2D eigenvalue weighted by molar-refractivity contribution is 1.10. The van der Waals surface area contributed by atoms with E-state index in [1.165, 1.54) is 0 Å². The number of halogens is 1. The molecule has 6 heteroatoms. The minimum Gasteiger partial charge on any atom is -0.376 e. The molecule has 0 radical (unpaired) electrons. The quantitative estimate of drug-likeness (QED) is 0.799. The van der Waals surface area contributed by atoms with Gasteiger partial charge >= 0.3 is 0 Å². The fourth-order valence-corrected chi connectivity index (χ4v) is 2.48. The Morgan fingerprint density at radius 3 is 2.85 bits per heavy atom. The zero-order chi connectivity index (χ0) is 14.1. The Labute approximate surface area is 125 Å². The highest BCUT2D eigenvalue weighted by atomic mass is 79.9. The molecule has 2 aromatic heterocycles. The van der Waals surface area contributed by atoms with Crippen molar-refractivity contribution in [2.45, 2.75) is 0 Å². The normalized spacial score (nSPS) is 10.8. The molecule has 102 valence electrons. The van der Waals surface area contributed by atoms with E-state index in [1.807, 2.05) is 49.1 Å². The molecule has 0 amide bonds. The van der Waals surface area contributed by atoms with Crippen molar-refractivity contribution in [2.75, 3.05) is 24.3 Å². The summed E-state index contributed by atoms with van der Waals surface area (Å²) >= 11 is 3.42. The first kappa shape index (κ1) is 12.9. The van der Waals surface area contributed by atoms with Gasteiger partial charge in [0.05, 0.1) is 11.4 Å². The lowest BCUT2D eigenvalue weighted by Crippen LogP contribution is -2.11. The molecule has 0 fully saturated rings. The SMILES string of the molecule is CN(C)c1ccccc1Nc1nc(Br)cn2ccnc12. The van der Waals surface area contributed by atoms with Crippen LogP contribution >= 0.6 is 15.9 Å². The molecule has 0 atom stereocenters. The summed E-state index contributed by atoms with van der Waals surface area (Å²) in [6.07, 6.45) is 5.53. The molecule has 2 heterocycles. The van der Waals surface area contributed by atoms with Gasteiger partial charge < -0.3 is 14.6 Å². The average molecular weight is 332 g/mol. The van der Waals surface area contributed by atoms with Gasteiger partial charge in [-0.15, -0.1) is 0 Å². The van der Waals surface area contributed by atoms with Crippen molar-refractivity contribution in [1.82, 2.24) is 14.4 Å². The largest absolute Gasteiger partial charge is 0.376 e. The molecule has 1 aromatic carbocycles. The number of benzene rings is 1. The summed E-state index contributed by atoms with van der Waals surface area (Å²) in [6.45, 7) is 0. The fourth-order valence-electron chi connectivity index (χ4n) is 2.08. The summed E-state index contributed by atoms with van der Waals surface area (Å²) in [5.41, 5.74) is 2.88. The monoisotopic (exact) mass is 331 g/mol. The number of para-hydroxylation sites is 2. The van der Waals surface area contributed by atoms with Gasteiger partial charge in [-0.1, -0.05) is 12.1 Å². The first-order valence-electron chi connectivity index (χ1n) is 6.18. The van der Waals surface area contributed by atoms with Crippen molar-refractivity contribution in [3.05, 3.63) is 47.5 Å². The minimum absolute atomic E-state index is 0.721. The number of hydrogen-bond acceptors (Lipinski definition) is 4. The van der Waals surface area contributed by atoms with Crippen LogP contribution in [0.15, 0.2) is 47.5 Å². The Morgan fingerprint density at radius 1 is 1.25 bits per heavy atom. The smallest absolute Gasteiger partial charge is 0.180 e. The Hall–Kier alpha value is -2.08. The number of anilines is 3. The molecule has 0 unspecified atom stereocenters. The van der Waals surface area contributed by atoms with E-state index in [-0.39, 0.29) is 0 Å². The number of fused-ring (bicyclic) bond motifs is 1. The molecule has 0 saturated heterocycles. The zero-order valence-corrected chi connectivity index (χ0v) is 12.8. The highest BCUT2D eigenvalue weighted by Crippen LogP contribution is 2.28. The van der Waals surface area contributed by atoms with Gasteiger partial charge in [0.1, 0.15) is 4.60 Å².